The van der Waals surface area contributed by atoms with Gasteiger partial charge in [0.15, 0.2) is 0 Å². The topological polar surface area (TPSA) is 40.5 Å². The summed E-state index contributed by atoms with van der Waals surface area (Å²) < 4.78 is 0. The second-order valence-corrected chi connectivity index (χ2v) is 4.50. The lowest BCUT2D eigenvalue weighted by molar-refractivity contribution is 0.377. The summed E-state index contributed by atoms with van der Waals surface area (Å²) in [5.74, 6) is 0. The second-order valence-electron chi connectivity index (χ2n) is 1.83. The van der Waals surface area contributed by atoms with E-state index >= 15 is 0 Å². The Morgan fingerprint density at radius 2 is 2.12 bits per heavy atom. The van der Waals surface area contributed by atoms with Crippen LogP contribution in [0.3, 0.4) is 0 Å². The lowest BCUT2D eigenvalue weighted by atomic mass is 10.6. The predicted octanol–water partition coefficient (Wildman–Crippen LogP) is 0.548. The van der Waals surface area contributed by atoms with E-state index in [0.717, 1.165) is 6.42 Å². The Hall–Kier alpha value is -0.123. The fourth-order valence-corrected chi connectivity index (χ4v) is 1.41. The van der Waals surface area contributed by atoms with Gasteiger partial charge in [0.25, 0.3) is 0 Å². The molecule has 0 aromatic carbocycles. The van der Waals surface area contributed by atoms with Gasteiger partial charge in [0.2, 0.25) is 0 Å². The van der Waals surface area contributed by atoms with E-state index in [1.54, 1.807) is 0 Å². The normalized spacial score (nSPS) is 11.4. The smallest absolute Gasteiger partial charge is 0.359 e. The van der Waals surface area contributed by atoms with Gasteiger partial charge in [0.1, 0.15) is 0 Å². The van der Waals surface area contributed by atoms with Crippen molar-refractivity contribution in [2.24, 2.45) is 0 Å². The number of rotatable bonds is 3. The zero-order chi connectivity index (χ0) is 6.62. The fraction of sp³-hybridized carbons (Fsp3) is 0.600. The monoisotopic (exact) mass is 132 g/mol. The van der Waals surface area contributed by atoms with Gasteiger partial charge in [0.05, 0.1) is 0 Å². The van der Waals surface area contributed by atoms with E-state index in [-0.39, 0.29) is 0 Å². The first-order chi connectivity index (χ1) is 3.62. The molecule has 0 amide bonds. The molecule has 0 saturated carbocycles. The van der Waals surface area contributed by atoms with Crippen LogP contribution in [0.1, 0.15) is 13.3 Å². The van der Waals surface area contributed by atoms with Gasteiger partial charge in [-0.2, -0.15) is 0 Å². The summed E-state index contributed by atoms with van der Waals surface area (Å²) in [6, 6.07) is 0.497. The van der Waals surface area contributed by atoms with Crippen molar-refractivity contribution in [3.8, 4) is 0 Å². The Balaban J connectivity index is 3.53. The quantitative estimate of drug-likeness (QED) is 0.550. The van der Waals surface area contributed by atoms with E-state index in [2.05, 4.69) is 6.58 Å². The average Bonchev–Trinajstić information content (AvgIpc) is 1.67. The van der Waals surface area contributed by atoms with Crippen LogP contribution < -0.4 is 0 Å². The van der Waals surface area contributed by atoms with Crippen LogP contribution in [0, 0.1) is 0 Å². The molecule has 0 bridgehead atoms. The molecule has 0 aromatic rings. The lowest BCUT2D eigenvalue weighted by Gasteiger charge is -2.09. The largest absolute Gasteiger partial charge is 0.408 e. The average molecular weight is 132 g/mol. The van der Waals surface area contributed by atoms with Gasteiger partial charge in [-0.3, -0.25) is 0 Å². The third-order valence-corrected chi connectivity index (χ3v) is 2.83. The van der Waals surface area contributed by atoms with Gasteiger partial charge < -0.3 is 9.59 Å². The van der Waals surface area contributed by atoms with Crippen LogP contribution in [0.4, 0.5) is 0 Å². The van der Waals surface area contributed by atoms with Crippen molar-refractivity contribution < 1.29 is 9.59 Å². The van der Waals surface area contributed by atoms with E-state index in [4.69, 9.17) is 9.59 Å². The van der Waals surface area contributed by atoms with Crippen molar-refractivity contribution in [1.82, 2.24) is 0 Å². The predicted molar refractivity (Wildman–Crippen MR) is 35.5 cm³/mol. The third-order valence-electron chi connectivity index (χ3n) is 0.945. The van der Waals surface area contributed by atoms with Crippen LogP contribution >= 0.6 is 0 Å². The van der Waals surface area contributed by atoms with Gasteiger partial charge in [-0.05, 0) is 11.7 Å². The van der Waals surface area contributed by atoms with Gasteiger partial charge in [-0.1, -0.05) is 13.3 Å². The van der Waals surface area contributed by atoms with Crippen molar-refractivity contribution in [3.63, 3.8) is 0 Å². The van der Waals surface area contributed by atoms with Crippen LogP contribution in [0.15, 0.2) is 12.3 Å². The number of hydrogen-bond donors (Lipinski definition) is 2. The molecule has 0 fully saturated rings. The van der Waals surface area contributed by atoms with Crippen molar-refractivity contribution in [3.05, 3.63) is 12.3 Å². The summed E-state index contributed by atoms with van der Waals surface area (Å²) >= 11 is 0. The van der Waals surface area contributed by atoms with Gasteiger partial charge in [-0.25, -0.2) is 0 Å². The molecule has 0 radical (unpaired) electrons. The van der Waals surface area contributed by atoms with Crippen LogP contribution in [0.2, 0.25) is 6.04 Å². The van der Waals surface area contributed by atoms with Crippen LogP contribution in [-0.2, 0) is 0 Å². The highest BCUT2D eigenvalue weighted by molar-refractivity contribution is 6.69. The molecule has 3 heteroatoms. The first-order valence-corrected chi connectivity index (χ1v) is 4.88. The molecule has 0 spiro atoms. The van der Waals surface area contributed by atoms with E-state index in [1.165, 1.54) is 5.70 Å². The molecule has 2 N–H and O–H groups in total. The first kappa shape index (κ1) is 7.88. The lowest BCUT2D eigenvalue weighted by Crippen LogP contribution is -2.31. The Bertz CT molecular complexity index is 80.5. The minimum absolute atomic E-state index is 0.497. The van der Waals surface area contributed by atoms with E-state index in [9.17, 15) is 0 Å². The van der Waals surface area contributed by atoms with Crippen LogP contribution in [-0.4, -0.2) is 18.2 Å². The Kier molecular flexibility index (Phi) is 2.97. The maximum Gasteiger partial charge on any atom is 0.359 e. The van der Waals surface area contributed by atoms with Crippen LogP contribution in [0.5, 0.6) is 0 Å². The summed E-state index contributed by atoms with van der Waals surface area (Å²) in [5.41, 5.74) is 1.27. The van der Waals surface area contributed by atoms with Crippen LogP contribution in [0.25, 0.3) is 0 Å². The molecule has 0 saturated heterocycles. The SMILES string of the molecule is C=C[Si](O)(O)CCC. The summed E-state index contributed by atoms with van der Waals surface area (Å²) in [5, 5.41) is 0. The van der Waals surface area contributed by atoms with Crippen molar-refractivity contribution in [2.45, 2.75) is 19.4 Å². The van der Waals surface area contributed by atoms with Gasteiger partial charge in [-0.15, -0.1) is 6.58 Å². The van der Waals surface area contributed by atoms with Gasteiger partial charge >= 0.3 is 8.56 Å². The molecule has 0 atom stereocenters. The molecule has 0 aromatic heterocycles. The Morgan fingerprint density at radius 1 is 1.62 bits per heavy atom. The van der Waals surface area contributed by atoms with Crippen molar-refractivity contribution >= 4 is 8.56 Å². The maximum atomic E-state index is 8.90. The minimum atomic E-state index is -2.91. The molecule has 0 rings (SSSR count). The molecule has 48 valence electrons. The Morgan fingerprint density at radius 3 is 2.25 bits per heavy atom. The standard InChI is InChI=1S/C5H12O2Si/c1-3-5-8(6,7)4-2/h4,6-7H,2-3,5H2,1H3. The maximum absolute atomic E-state index is 8.90. The van der Waals surface area contributed by atoms with Gasteiger partial charge in [0, 0.05) is 0 Å². The molecule has 2 nitrogen and oxygen atoms in total. The van der Waals surface area contributed by atoms with E-state index in [0.29, 0.717) is 6.04 Å². The summed E-state index contributed by atoms with van der Waals surface area (Å²) in [4.78, 5) is 17.8. The molecule has 0 heterocycles. The first-order valence-electron chi connectivity index (χ1n) is 2.70. The molecule has 0 aliphatic rings. The highest BCUT2D eigenvalue weighted by atomic mass is 28.4. The molecular weight excluding hydrogens is 120 g/mol. The van der Waals surface area contributed by atoms with Crippen molar-refractivity contribution in [1.29, 1.82) is 0 Å². The highest BCUT2D eigenvalue weighted by Crippen LogP contribution is 2.03. The second kappa shape index (κ2) is 3.01. The third kappa shape index (κ3) is 2.96. The zero-order valence-electron chi connectivity index (χ0n) is 5.09. The fourth-order valence-electron chi connectivity index (χ4n) is 0.470. The van der Waals surface area contributed by atoms with E-state index < -0.39 is 8.56 Å². The molecule has 0 unspecified atom stereocenters. The molecule has 0 aliphatic heterocycles. The Labute approximate surface area is 50.7 Å². The summed E-state index contributed by atoms with van der Waals surface area (Å²) in [6.07, 6.45) is 0.811. The molecular formula is C5H12O2Si. The molecule has 8 heavy (non-hydrogen) atoms. The zero-order valence-corrected chi connectivity index (χ0v) is 6.09. The highest BCUT2D eigenvalue weighted by Gasteiger charge is 2.21. The van der Waals surface area contributed by atoms with E-state index in [1.807, 2.05) is 6.92 Å². The summed E-state index contributed by atoms with van der Waals surface area (Å²) in [6.45, 7) is 5.23. The number of hydrogen-bond acceptors (Lipinski definition) is 2. The summed E-state index contributed by atoms with van der Waals surface area (Å²) in [7, 11) is -2.91. The van der Waals surface area contributed by atoms with Crippen molar-refractivity contribution in [2.75, 3.05) is 0 Å². The minimum Gasteiger partial charge on any atom is -0.408 e. The molecule has 0 aliphatic carbocycles.